The molecule has 0 aromatic heterocycles. The first-order valence-electron chi connectivity index (χ1n) is 5.35. The molecule has 0 heterocycles. The number of phenolic OH excluding ortho intramolecular Hbond substituents is 1. The first-order chi connectivity index (χ1) is 7.74. The van der Waals surface area contributed by atoms with Crippen LogP contribution in [0.15, 0.2) is 29.4 Å². The van der Waals surface area contributed by atoms with E-state index in [0.29, 0.717) is 5.56 Å². The highest BCUT2D eigenvalue weighted by Gasteiger charge is 2.02. The van der Waals surface area contributed by atoms with Crippen molar-refractivity contribution in [1.29, 1.82) is 0 Å². The Kier molecular flexibility index (Phi) is 5.05. The van der Waals surface area contributed by atoms with Gasteiger partial charge >= 0.3 is 0 Å². The number of benzene rings is 1. The van der Waals surface area contributed by atoms with Gasteiger partial charge in [0.2, 0.25) is 0 Å². The normalized spacial score (nSPS) is 10.6. The Hall–Kier alpha value is -1.84. The van der Waals surface area contributed by atoms with Crippen LogP contribution < -0.4 is 5.43 Å². The fourth-order valence-electron chi connectivity index (χ4n) is 1.14. The minimum Gasteiger partial charge on any atom is -0.508 e. The van der Waals surface area contributed by atoms with Crippen molar-refractivity contribution in [3.8, 4) is 5.75 Å². The minimum atomic E-state index is -0.271. The molecular formula is C12H16N2O2. The highest BCUT2D eigenvalue weighted by molar-refractivity contribution is 5.94. The molecule has 4 nitrogen and oxygen atoms in total. The third-order valence-electron chi connectivity index (χ3n) is 2.07. The molecule has 0 saturated carbocycles. The average molecular weight is 220 g/mol. The van der Waals surface area contributed by atoms with Crippen LogP contribution in [0.5, 0.6) is 5.75 Å². The molecule has 1 rings (SSSR count). The van der Waals surface area contributed by atoms with E-state index in [9.17, 15) is 4.79 Å². The number of carbonyl (C=O) groups is 1. The average Bonchev–Trinajstić information content (AvgIpc) is 2.29. The van der Waals surface area contributed by atoms with Gasteiger partial charge in [-0.1, -0.05) is 13.3 Å². The van der Waals surface area contributed by atoms with Crippen molar-refractivity contribution in [2.75, 3.05) is 0 Å². The van der Waals surface area contributed by atoms with E-state index >= 15 is 0 Å². The molecule has 2 N–H and O–H groups in total. The molecule has 0 bridgehead atoms. The van der Waals surface area contributed by atoms with Crippen molar-refractivity contribution in [2.24, 2.45) is 5.10 Å². The fourth-order valence-corrected chi connectivity index (χ4v) is 1.14. The third kappa shape index (κ3) is 4.13. The van der Waals surface area contributed by atoms with E-state index in [1.165, 1.54) is 12.1 Å². The Morgan fingerprint density at radius 2 is 2.12 bits per heavy atom. The van der Waals surface area contributed by atoms with Gasteiger partial charge in [-0.05, 0) is 37.1 Å². The standard InChI is InChI=1S/C12H16N2O2/c1-2-3-4-9-13-14-12(16)10-5-7-11(15)8-6-10/h5-9,15H,2-4H2,1H3,(H,14,16)/b13-9+. The summed E-state index contributed by atoms with van der Waals surface area (Å²) < 4.78 is 0. The number of hydrazone groups is 1. The summed E-state index contributed by atoms with van der Waals surface area (Å²) in [7, 11) is 0. The van der Waals surface area contributed by atoms with Crippen molar-refractivity contribution < 1.29 is 9.90 Å². The topological polar surface area (TPSA) is 61.7 Å². The molecule has 86 valence electrons. The lowest BCUT2D eigenvalue weighted by atomic mass is 10.2. The molecule has 0 fully saturated rings. The van der Waals surface area contributed by atoms with Crippen molar-refractivity contribution in [1.82, 2.24) is 5.43 Å². The summed E-state index contributed by atoms with van der Waals surface area (Å²) in [6, 6.07) is 6.03. The van der Waals surface area contributed by atoms with E-state index < -0.39 is 0 Å². The number of aromatic hydroxyl groups is 1. The van der Waals surface area contributed by atoms with Crippen LogP contribution in [0, 0.1) is 0 Å². The largest absolute Gasteiger partial charge is 0.508 e. The van der Waals surface area contributed by atoms with Crippen molar-refractivity contribution >= 4 is 12.1 Å². The molecule has 1 aromatic carbocycles. The van der Waals surface area contributed by atoms with E-state index in [-0.39, 0.29) is 11.7 Å². The maximum Gasteiger partial charge on any atom is 0.271 e. The minimum absolute atomic E-state index is 0.142. The second-order valence-electron chi connectivity index (χ2n) is 3.44. The molecule has 16 heavy (non-hydrogen) atoms. The molecule has 4 heteroatoms. The van der Waals surface area contributed by atoms with Gasteiger partial charge in [0.25, 0.3) is 5.91 Å². The molecule has 0 aliphatic rings. The van der Waals surface area contributed by atoms with Crippen LogP contribution in [-0.4, -0.2) is 17.2 Å². The van der Waals surface area contributed by atoms with Crippen molar-refractivity contribution in [3.63, 3.8) is 0 Å². The summed E-state index contributed by atoms with van der Waals surface area (Å²) in [6.45, 7) is 2.10. The van der Waals surface area contributed by atoms with Gasteiger partial charge in [0.1, 0.15) is 5.75 Å². The first-order valence-corrected chi connectivity index (χ1v) is 5.35. The Balaban J connectivity index is 2.40. The molecular weight excluding hydrogens is 204 g/mol. The zero-order chi connectivity index (χ0) is 11.8. The smallest absolute Gasteiger partial charge is 0.271 e. The number of nitrogens with one attached hydrogen (secondary N) is 1. The van der Waals surface area contributed by atoms with Crippen LogP contribution in [0.3, 0.4) is 0 Å². The summed E-state index contributed by atoms with van der Waals surface area (Å²) in [6.07, 6.45) is 4.74. The van der Waals surface area contributed by atoms with E-state index in [0.717, 1.165) is 19.3 Å². The predicted octanol–water partition coefficient (Wildman–Crippen LogP) is 2.30. The van der Waals surface area contributed by atoms with Gasteiger partial charge in [0.15, 0.2) is 0 Å². The van der Waals surface area contributed by atoms with Crippen LogP contribution >= 0.6 is 0 Å². The number of hydrogen-bond acceptors (Lipinski definition) is 3. The molecule has 0 aliphatic carbocycles. The maximum atomic E-state index is 11.5. The van der Waals surface area contributed by atoms with Crippen LogP contribution in [0.2, 0.25) is 0 Å². The molecule has 0 spiro atoms. The highest BCUT2D eigenvalue weighted by Crippen LogP contribution is 2.09. The summed E-state index contributed by atoms with van der Waals surface area (Å²) in [5.74, 6) is -0.129. The van der Waals surface area contributed by atoms with Crippen molar-refractivity contribution in [3.05, 3.63) is 29.8 Å². The van der Waals surface area contributed by atoms with Crippen LogP contribution in [-0.2, 0) is 0 Å². The van der Waals surface area contributed by atoms with E-state index in [1.54, 1.807) is 18.3 Å². The summed E-state index contributed by atoms with van der Waals surface area (Å²) in [4.78, 5) is 11.5. The number of nitrogens with zero attached hydrogens (tertiary/aromatic N) is 1. The first kappa shape index (κ1) is 12.2. The number of amides is 1. The molecule has 1 aromatic rings. The Bertz CT molecular complexity index is 358. The SMILES string of the molecule is CCCC/C=N/NC(=O)c1ccc(O)cc1. The lowest BCUT2D eigenvalue weighted by Crippen LogP contribution is -2.17. The lowest BCUT2D eigenvalue weighted by Gasteiger charge is -1.99. The monoisotopic (exact) mass is 220 g/mol. The van der Waals surface area contributed by atoms with Gasteiger partial charge in [-0.3, -0.25) is 4.79 Å². The zero-order valence-electron chi connectivity index (χ0n) is 9.31. The summed E-state index contributed by atoms with van der Waals surface area (Å²) >= 11 is 0. The second kappa shape index (κ2) is 6.61. The Morgan fingerprint density at radius 1 is 1.44 bits per heavy atom. The second-order valence-corrected chi connectivity index (χ2v) is 3.44. The summed E-state index contributed by atoms with van der Waals surface area (Å²) in [5, 5.41) is 12.9. The maximum absolute atomic E-state index is 11.5. The Labute approximate surface area is 95.0 Å². The number of phenols is 1. The van der Waals surface area contributed by atoms with Crippen molar-refractivity contribution in [2.45, 2.75) is 26.2 Å². The van der Waals surface area contributed by atoms with E-state index in [4.69, 9.17) is 5.11 Å². The number of hydrogen-bond donors (Lipinski definition) is 2. The van der Waals surface area contributed by atoms with Gasteiger partial charge in [-0.15, -0.1) is 0 Å². The molecule has 1 amide bonds. The predicted molar refractivity (Wildman–Crippen MR) is 63.6 cm³/mol. The van der Waals surface area contributed by atoms with Gasteiger partial charge in [-0.2, -0.15) is 5.10 Å². The molecule has 0 unspecified atom stereocenters. The molecule has 0 saturated heterocycles. The number of carbonyl (C=O) groups excluding carboxylic acids is 1. The quantitative estimate of drug-likeness (QED) is 0.454. The lowest BCUT2D eigenvalue weighted by molar-refractivity contribution is 0.0955. The zero-order valence-corrected chi connectivity index (χ0v) is 9.31. The molecule has 0 atom stereocenters. The highest BCUT2D eigenvalue weighted by atomic mass is 16.3. The van der Waals surface area contributed by atoms with E-state index in [2.05, 4.69) is 17.5 Å². The third-order valence-corrected chi connectivity index (χ3v) is 2.07. The molecule has 0 aliphatic heterocycles. The van der Waals surface area contributed by atoms with Crippen LogP contribution in [0.1, 0.15) is 36.5 Å². The summed E-state index contributed by atoms with van der Waals surface area (Å²) in [5.41, 5.74) is 2.90. The number of unbranched alkanes of at least 4 members (excludes halogenated alkanes) is 2. The van der Waals surface area contributed by atoms with Crippen LogP contribution in [0.4, 0.5) is 0 Å². The van der Waals surface area contributed by atoms with E-state index in [1.807, 2.05) is 0 Å². The van der Waals surface area contributed by atoms with Crippen LogP contribution in [0.25, 0.3) is 0 Å². The van der Waals surface area contributed by atoms with Gasteiger partial charge in [-0.25, -0.2) is 5.43 Å². The van der Waals surface area contributed by atoms with Gasteiger partial charge in [0, 0.05) is 11.8 Å². The van der Waals surface area contributed by atoms with Gasteiger partial charge < -0.3 is 5.11 Å². The van der Waals surface area contributed by atoms with Gasteiger partial charge in [0.05, 0.1) is 0 Å². The fraction of sp³-hybridized carbons (Fsp3) is 0.333. The number of rotatable bonds is 5. The molecule has 0 radical (unpaired) electrons. The Morgan fingerprint density at radius 3 is 2.75 bits per heavy atom.